The summed E-state index contributed by atoms with van der Waals surface area (Å²) in [4.78, 5) is 9.99. The van der Waals surface area contributed by atoms with Gasteiger partial charge in [-0.15, -0.1) is 0 Å². The second-order valence-electron chi connectivity index (χ2n) is 2.89. The molecule has 4 N–H and O–H groups in total. The van der Waals surface area contributed by atoms with Crippen LogP contribution in [0.4, 0.5) is 4.39 Å². The Labute approximate surface area is 91.0 Å². The summed E-state index contributed by atoms with van der Waals surface area (Å²) in [7, 11) is -3.96. The Balaban J connectivity index is 2.96. The molecule has 0 aliphatic heterocycles. The standard InChI is InChI=1S/C8H9FN2O4S/c9-6-3-5(16(11,13)14)1-2-7(6)15-4-8(10)12/h1-3H,4H2,(H2,10,12)(H2,11,13,14). The lowest BCUT2D eigenvalue weighted by Crippen LogP contribution is -2.20. The molecule has 0 atom stereocenters. The molecule has 1 amide bonds. The van der Waals surface area contributed by atoms with Gasteiger partial charge in [-0.1, -0.05) is 0 Å². The first-order valence-electron chi connectivity index (χ1n) is 4.04. The van der Waals surface area contributed by atoms with Crippen molar-refractivity contribution >= 4 is 15.9 Å². The van der Waals surface area contributed by atoms with Gasteiger partial charge in [0.05, 0.1) is 4.90 Å². The highest BCUT2D eigenvalue weighted by Gasteiger charge is 2.12. The van der Waals surface area contributed by atoms with Gasteiger partial charge in [0.15, 0.2) is 18.2 Å². The molecule has 0 aromatic heterocycles. The summed E-state index contributed by atoms with van der Waals surface area (Å²) in [5.74, 6) is -1.98. The van der Waals surface area contributed by atoms with E-state index in [-0.39, 0.29) is 10.6 Å². The molecule has 1 rings (SSSR count). The van der Waals surface area contributed by atoms with E-state index in [9.17, 15) is 17.6 Å². The van der Waals surface area contributed by atoms with Crippen LogP contribution < -0.4 is 15.6 Å². The summed E-state index contributed by atoms with van der Waals surface area (Å²) in [5.41, 5.74) is 4.79. The second-order valence-corrected chi connectivity index (χ2v) is 4.45. The predicted octanol–water partition coefficient (Wildman–Crippen LogP) is -0.663. The van der Waals surface area contributed by atoms with E-state index in [0.29, 0.717) is 6.07 Å². The average Bonchev–Trinajstić information content (AvgIpc) is 2.14. The molecule has 0 radical (unpaired) electrons. The Morgan fingerprint density at radius 3 is 2.50 bits per heavy atom. The highest BCUT2D eigenvalue weighted by atomic mass is 32.2. The van der Waals surface area contributed by atoms with E-state index in [0.717, 1.165) is 12.1 Å². The summed E-state index contributed by atoms with van der Waals surface area (Å²) >= 11 is 0. The van der Waals surface area contributed by atoms with Crippen LogP contribution in [0.15, 0.2) is 23.1 Å². The molecular formula is C8H9FN2O4S. The number of hydrogen-bond donors (Lipinski definition) is 2. The Kier molecular flexibility index (Phi) is 3.45. The lowest BCUT2D eigenvalue weighted by atomic mass is 10.3. The van der Waals surface area contributed by atoms with E-state index in [4.69, 9.17) is 10.9 Å². The first kappa shape index (κ1) is 12.4. The molecule has 1 aromatic rings. The van der Waals surface area contributed by atoms with Crippen LogP contribution in [0, 0.1) is 5.82 Å². The highest BCUT2D eigenvalue weighted by molar-refractivity contribution is 7.89. The number of primary amides is 1. The Bertz CT molecular complexity index is 515. The van der Waals surface area contributed by atoms with Crippen LogP contribution in [0.2, 0.25) is 0 Å². The molecular weight excluding hydrogens is 239 g/mol. The van der Waals surface area contributed by atoms with Crippen LogP contribution in [0.1, 0.15) is 0 Å². The average molecular weight is 248 g/mol. The van der Waals surface area contributed by atoms with Gasteiger partial charge in [0.2, 0.25) is 10.0 Å². The molecule has 0 aliphatic carbocycles. The van der Waals surface area contributed by atoms with Gasteiger partial charge in [-0.25, -0.2) is 17.9 Å². The van der Waals surface area contributed by atoms with Crippen LogP contribution in [0.3, 0.4) is 0 Å². The van der Waals surface area contributed by atoms with Crippen molar-refractivity contribution in [3.05, 3.63) is 24.0 Å². The van der Waals surface area contributed by atoms with Gasteiger partial charge < -0.3 is 10.5 Å². The summed E-state index contributed by atoms with van der Waals surface area (Å²) in [6.07, 6.45) is 0. The van der Waals surface area contributed by atoms with Gasteiger partial charge in [0.1, 0.15) is 0 Å². The minimum atomic E-state index is -3.96. The number of nitrogens with two attached hydrogens (primary N) is 2. The number of rotatable bonds is 4. The molecule has 0 bridgehead atoms. The highest BCUT2D eigenvalue weighted by Crippen LogP contribution is 2.20. The van der Waals surface area contributed by atoms with E-state index in [1.807, 2.05) is 0 Å². The number of halogens is 1. The quantitative estimate of drug-likeness (QED) is 0.736. The fraction of sp³-hybridized carbons (Fsp3) is 0.125. The van der Waals surface area contributed by atoms with Crippen molar-refractivity contribution in [1.29, 1.82) is 0 Å². The number of carbonyl (C=O) groups excluding carboxylic acids is 1. The summed E-state index contributed by atoms with van der Waals surface area (Å²) < 4.78 is 39.6. The van der Waals surface area contributed by atoms with E-state index < -0.39 is 28.4 Å². The molecule has 0 fully saturated rings. The number of ether oxygens (including phenoxy) is 1. The van der Waals surface area contributed by atoms with Crippen molar-refractivity contribution in [3.63, 3.8) is 0 Å². The van der Waals surface area contributed by atoms with Crippen molar-refractivity contribution in [3.8, 4) is 5.75 Å². The maximum absolute atomic E-state index is 13.2. The number of benzene rings is 1. The molecule has 1 aromatic carbocycles. The summed E-state index contributed by atoms with van der Waals surface area (Å²) in [6.45, 7) is -0.494. The van der Waals surface area contributed by atoms with Crippen molar-refractivity contribution in [2.24, 2.45) is 10.9 Å². The Morgan fingerprint density at radius 1 is 1.44 bits per heavy atom. The van der Waals surface area contributed by atoms with Crippen LogP contribution in [-0.2, 0) is 14.8 Å². The molecule has 0 saturated heterocycles. The lowest BCUT2D eigenvalue weighted by Gasteiger charge is -2.05. The predicted molar refractivity (Wildman–Crippen MR) is 52.5 cm³/mol. The largest absolute Gasteiger partial charge is 0.481 e. The maximum Gasteiger partial charge on any atom is 0.255 e. The third-order valence-corrected chi connectivity index (χ3v) is 2.51. The Morgan fingerprint density at radius 2 is 2.06 bits per heavy atom. The van der Waals surface area contributed by atoms with E-state index in [1.165, 1.54) is 0 Å². The van der Waals surface area contributed by atoms with Gasteiger partial charge in [-0.05, 0) is 18.2 Å². The number of amides is 1. The van der Waals surface area contributed by atoms with Gasteiger partial charge in [0.25, 0.3) is 5.91 Å². The molecule has 0 spiro atoms. The van der Waals surface area contributed by atoms with Gasteiger partial charge in [0, 0.05) is 0 Å². The van der Waals surface area contributed by atoms with Gasteiger partial charge in [-0.2, -0.15) is 0 Å². The zero-order valence-electron chi connectivity index (χ0n) is 8.01. The van der Waals surface area contributed by atoms with Crippen LogP contribution in [-0.4, -0.2) is 20.9 Å². The van der Waals surface area contributed by atoms with Crippen molar-refractivity contribution in [2.75, 3.05) is 6.61 Å². The third-order valence-electron chi connectivity index (χ3n) is 1.60. The minimum absolute atomic E-state index is 0.272. The molecule has 0 saturated carbocycles. The molecule has 16 heavy (non-hydrogen) atoms. The summed E-state index contributed by atoms with van der Waals surface area (Å²) in [5, 5.41) is 4.79. The lowest BCUT2D eigenvalue weighted by molar-refractivity contribution is -0.120. The van der Waals surface area contributed by atoms with E-state index in [2.05, 4.69) is 4.74 Å². The summed E-state index contributed by atoms with van der Waals surface area (Å²) in [6, 6.07) is 2.82. The third kappa shape index (κ3) is 3.17. The van der Waals surface area contributed by atoms with Gasteiger partial charge in [-0.3, -0.25) is 4.79 Å². The topological polar surface area (TPSA) is 112 Å². The number of hydrogen-bond acceptors (Lipinski definition) is 4. The second kappa shape index (κ2) is 4.45. The number of sulfonamides is 1. The molecule has 0 aliphatic rings. The van der Waals surface area contributed by atoms with Crippen molar-refractivity contribution in [1.82, 2.24) is 0 Å². The van der Waals surface area contributed by atoms with E-state index in [1.54, 1.807) is 0 Å². The zero-order valence-corrected chi connectivity index (χ0v) is 8.83. The normalized spacial score (nSPS) is 11.1. The SMILES string of the molecule is NC(=O)COc1ccc(S(N)(=O)=O)cc1F. The first-order valence-corrected chi connectivity index (χ1v) is 5.59. The fourth-order valence-corrected chi connectivity index (χ4v) is 1.45. The Hall–Kier alpha value is -1.67. The van der Waals surface area contributed by atoms with Crippen molar-refractivity contribution in [2.45, 2.75) is 4.90 Å². The smallest absolute Gasteiger partial charge is 0.255 e. The van der Waals surface area contributed by atoms with Crippen LogP contribution >= 0.6 is 0 Å². The number of primary sulfonamides is 1. The zero-order chi connectivity index (χ0) is 12.3. The minimum Gasteiger partial charge on any atom is -0.481 e. The molecule has 0 heterocycles. The first-order chi connectivity index (χ1) is 7.30. The maximum atomic E-state index is 13.2. The fourth-order valence-electron chi connectivity index (χ4n) is 0.924. The molecule has 6 nitrogen and oxygen atoms in total. The van der Waals surface area contributed by atoms with E-state index >= 15 is 0 Å². The van der Waals surface area contributed by atoms with Gasteiger partial charge >= 0.3 is 0 Å². The monoisotopic (exact) mass is 248 g/mol. The van der Waals surface area contributed by atoms with Crippen LogP contribution in [0.5, 0.6) is 5.75 Å². The molecule has 0 unspecified atom stereocenters. The van der Waals surface area contributed by atoms with Crippen molar-refractivity contribution < 1.29 is 22.3 Å². The number of carbonyl (C=O) groups is 1. The van der Waals surface area contributed by atoms with Crippen LogP contribution in [0.25, 0.3) is 0 Å². The molecule has 88 valence electrons. The molecule has 8 heteroatoms.